The van der Waals surface area contributed by atoms with E-state index in [9.17, 15) is 19.2 Å². The Balaban J connectivity index is 3.96. The molecule has 0 radical (unpaired) electrons. The largest absolute Gasteiger partial charge is 0.481 e. The molecule has 0 atom stereocenters. The van der Waals surface area contributed by atoms with Gasteiger partial charge in [0.1, 0.15) is 0 Å². The number of carboxylic acid groups (broad SMARTS) is 1. The Kier molecular flexibility index (Phi) is 8.03. The molecule has 21 heavy (non-hydrogen) atoms. The minimum atomic E-state index is -0.912. The van der Waals surface area contributed by atoms with Crippen molar-refractivity contribution in [3.05, 3.63) is 0 Å². The SMILES string of the molecule is CNC(=O)C(C)(C)CNC(=O)NC(=O)CCCCC(=O)O. The number of amides is 4. The number of hydrogen-bond donors (Lipinski definition) is 4. The van der Waals surface area contributed by atoms with Gasteiger partial charge < -0.3 is 15.7 Å². The molecule has 0 saturated heterocycles. The first-order chi connectivity index (χ1) is 9.69. The second-order valence-corrected chi connectivity index (χ2v) is 5.29. The van der Waals surface area contributed by atoms with Crippen molar-refractivity contribution in [2.45, 2.75) is 39.5 Å². The molecular formula is C13H23N3O5. The zero-order valence-electron chi connectivity index (χ0n) is 12.6. The fraction of sp³-hybridized carbons (Fsp3) is 0.692. The van der Waals surface area contributed by atoms with Crippen molar-refractivity contribution in [1.82, 2.24) is 16.0 Å². The van der Waals surface area contributed by atoms with Gasteiger partial charge in [0.2, 0.25) is 11.8 Å². The highest BCUT2D eigenvalue weighted by Crippen LogP contribution is 2.12. The van der Waals surface area contributed by atoms with Crippen molar-refractivity contribution in [3.63, 3.8) is 0 Å². The molecule has 0 aliphatic carbocycles. The fourth-order valence-corrected chi connectivity index (χ4v) is 1.52. The predicted molar refractivity (Wildman–Crippen MR) is 75.5 cm³/mol. The number of nitrogens with one attached hydrogen (secondary N) is 3. The van der Waals surface area contributed by atoms with Crippen LogP contribution in [0.4, 0.5) is 4.79 Å². The molecule has 0 aliphatic rings. The van der Waals surface area contributed by atoms with E-state index in [-0.39, 0.29) is 25.3 Å². The molecule has 8 nitrogen and oxygen atoms in total. The Labute approximate surface area is 123 Å². The summed E-state index contributed by atoms with van der Waals surface area (Å²) in [5, 5.41) is 15.5. The van der Waals surface area contributed by atoms with Gasteiger partial charge in [-0.05, 0) is 26.7 Å². The second-order valence-electron chi connectivity index (χ2n) is 5.29. The molecule has 0 bridgehead atoms. The topological polar surface area (TPSA) is 125 Å². The molecule has 0 spiro atoms. The molecule has 0 rings (SSSR count). The maximum absolute atomic E-state index is 11.5. The first kappa shape index (κ1) is 18.9. The molecule has 8 heteroatoms. The van der Waals surface area contributed by atoms with Crippen LogP contribution in [0.2, 0.25) is 0 Å². The highest BCUT2D eigenvalue weighted by Gasteiger charge is 2.27. The van der Waals surface area contributed by atoms with Gasteiger partial charge >= 0.3 is 12.0 Å². The monoisotopic (exact) mass is 301 g/mol. The fourth-order valence-electron chi connectivity index (χ4n) is 1.52. The standard InChI is InChI=1S/C13H23N3O5/c1-13(2,11(20)14-3)8-15-12(21)16-9(17)6-4-5-7-10(18)19/h4-8H2,1-3H3,(H,14,20)(H,18,19)(H2,15,16,17,21). The third-order valence-electron chi connectivity index (χ3n) is 2.83. The normalized spacial score (nSPS) is 10.6. The van der Waals surface area contributed by atoms with Gasteiger partial charge in [-0.3, -0.25) is 19.7 Å². The summed E-state index contributed by atoms with van der Waals surface area (Å²) in [5.41, 5.74) is -0.781. The number of carbonyl (C=O) groups excluding carboxylic acids is 3. The van der Waals surface area contributed by atoms with Gasteiger partial charge in [0.05, 0.1) is 5.41 Å². The number of rotatable bonds is 8. The molecular weight excluding hydrogens is 278 g/mol. The molecule has 0 aromatic carbocycles. The lowest BCUT2D eigenvalue weighted by Crippen LogP contribution is -2.47. The molecule has 120 valence electrons. The van der Waals surface area contributed by atoms with E-state index >= 15 is 0 Å². The van der Waals surface area contributed by atoms with Gasteiger partial charge in [-0.15, -0.1) is 0 Å². The average Bonchev–Trinajstić information content (AvgIpc) is 2.40. The summed E-state index contributed by atoms with van der Waals surface area (Å²) in [7, 11) is 1.50. The maximum atomic E-state index is 11.5. The summed E-state index contributed by atoms with van der Waals surface area (Å²) in [5.74, 6) is -1.61. The van der Waals surface area contributed by atoms with Crippen molar-refractivity contribution in [3.8, 4) is 0 Å². The Morgan fingerprint density at radius 2 is 1.62 bits per heavy atom. The number of unbranched alkanes of at least 4 members (excludes halogenated alkanes) is 1. The Bertz CT molecular complexity index is 407. The van der Waals surface area contributed by atoms with Crippen LogP contribution in [-0.4, -0.2) is 42.5 Å². The van der Waals surface area contributed by atoms with E-state index < -0.39 is 23.3 Å². The van der Waals surface area contributed by atoms with Crippen molar-refractivity contribution >= 4 is 23.8 Å². The van der Waals surface area contributed by atoms with Crippen LogP contribution in [0.15, 0.2) is 0 Å². The van der Waals surface area contributed by atoms with Crippen molar-refractivity contribution in [1.29, 1.82) is 0 Å². The molecule has 0 unspecified atom stereocenters. The molecule has 4 amide bonds. The predicted octanol–water partition coefficient (Wildman–Crippen LogP) is 0.229. The van der Waals surface area contributed by atoms with Crippen LogP contribution in [0.1, 0.15) is 39.5 Å². The van der Waals surface area contributed by atoms with Crippen LogP contribution < -0.4 is 16.0 Å². The first-order valence-electron chi connectivity index (χ1n) is 6.70. The van der Waals surface area contributed by atoms with Crippen molar-refractivity contribution < 1.29 is 24.3 Å². The van der Waals surface area contributed by atoms with Crippen LogP contribution in [0.25, 0.3) is 0 Å². The van der Waals surface area contributed by atoms with Crippen LogP contribution in [0.5, 0.6) is 0 Å². The van der Waals surface area contributed by atoms with Gasteiger partial charge in [0, 0.05) is 26.4 Å². The number of urea groups is 1. The first-order valence-corrected chi connectivity index (χ1v) is 6.70. The lowest BCUT2D eigenvalue weighted by Gasteiger charge is -2.22. The zero-order valence-corrected chi connectivity index (χ0v) is 12.6. The molecule has 4 N–H and O–H groups in total. The summed E-state index contributed by atoms with van der Waals surface area (Å²) in [6, 6.07) is -0.671. The van der Waals surface area contributed by atoms with E-state index in [1.807, 2.05) is 0 Å². The molecule has 0 fully saturated rings. The summed E-state index contributed by atoms with van der Waals surface area (Å²) >= 11 is 0. The number of imide groups is 1. The summed E-state index contributed by atoms with van der Waals surface area (Å²) in [6.07, 6.45) is 0.864. The minimum absolute atomic E-state index is 0.000203. The van der Waals surface area contributed by atoms with E-state index in [0.29, 0.717) is 12.8 Å². The summed E-state index contributed by atoms with van der Waals surface area (Å²) in [4.78, 5) is 44.7. The number of carboxylic acids is 1. The minimum Gasteiger partial charge on any atom is -0.481 e. The van der Waals surface area contributed by atoms with Gasteiger partial charge in [0.15, 0.2) is 0 Å². The van der Waals surface area contributed by atoms with E-state index in [0.717, 1.165) is 0 Å². The summed E-state index contributed by atoms with van der Waals surface area (Å²) < 4.78 is 0. The summed E-state index contributed by atoms with van der Waals surface area (Å²) in [6.45, 7) is 3.42. The Hall–Kier alpha value is -2.12. The second kappa shape index (κ2) is 8.93. The van der Waals surface area contributed by atoms with Crippen LogP contribution in [0.3, 0.4) is 0 Å². The van der Waals surface area contributed by atoms with Gasteiger partial charge in [-0.2, -0.15) is 0 Å². The van der Waals surface area contributed by atoms with Gasteiger partial charge in [-0.25, -0.2) is 4.79 Å². The Morgan fingerprint density at radius 3 is 2.14 bits per heavy atom. The van der Waals surface area contributed by atoms with Gasteiger partial charge in [0.25, 0.3) is 0 Å². The average molecular weight is 301 g/mol. The maximum Gasteiger partial charge on any atom is 0.321 e. The smallest absolute Gasteiger partial charge is 0.321 e. The zero-order chi connectivity index (χ0) is 16.5. The molecule has 0 aromatic heterocycles. The van der Waals surface area contributed by atoms with Crippen LogP contribution in [-0.2, 0) is 14.4 Å². The quantitative estimate of drug-likeness (QED) is 0.478. The number of hydrogen-bond acceptors (Lipinski definition) is 4. The number of aliphatic carboxylic acids is 1. The van der Waals surface area contributed by atoms with Crippen molar-refractivity contribution in [2.75, 3.05) is 13.6 Å². The number of carbonyl (C=O) groups is 4. The molecule has 0 aromatic rings. The third kappa shape index (κ3) is 8.61. The van der Waals surface area contributed by atoms with Gasteiger partial charge in [-0.1, -0.05) is 0 Å². The van der Waals surface area contributed by atoms with E-state index in [2.05, 4.69) is 16.0 Å². The Morgan fingerprint density at radius 1 is 1.05 bits per heavy atom. The van der Waals surface area contributed by atoms with Crippen LogP contribution >= 0.6 is 0 Å². The molecule has 0 aliphatic heterocycles. The van der Waals surface area contributed by atoms with E-state index in [1.165, 1.54) is 7.05 Å². The van der Waals surface area contributed by atoms with Crippen molar-refractivity contribution in [2.24, 2.45) is 5.41 Å². The molecule has 0 saturated carbocycles. The lowest BCUT2D eigenvalue weighted by molar-refractivity contribution is -0.137. The third-order valence-corrected chi connectivity index (χ3v) is 2.83. The highest BCUT2D eigenvalue weighted by atomic mass is 16.4. The molecule has 0 heterocycles. The van der Waals surface area contributed by atoms with Crippen LogP contribution in [0, 0.1) is 5.41 Å². The van der Waals surface area contributed by atoms with E-state index in [4.69, 9.17) is 5.11 Å². The lowest BCUT2D eigenvalue weighted by atomic mass is 9.92. The highest BCUT2D eigenvalue weighted by molar-refractivity contribution is 5.94. The van der Waals surface area contributed by atoms with E-state index in [1.54, 1.807) is 13.8 Å².